The Bertz CT molecular complexity index is 891. The molecule has 2 aromatic rings. The standard InChI is InChI=1S/C22H26N4O4/c27-22(17-5-2-1-3-6-17)25-12-10-24(11-13-25)18-8-9-21(26(28)29)20(15-18)23-16-19-7-4-14-30-19/h1-3,5-6,8-9,15,19,23H,4,7,10-14,16H2/t19-/m1/s1. The monoisotopic (exact) mass is 410 g/mol. The highest BCUT2D eigenvalue weighted by atomic mass is 16.6. The molecule has 0 aromatic heterocycles. The van der Waals surface area contributed by atoms with Crippen LogP contribution in [0.15, 0.2) is 48.5 Å². The fourth-order valence-corrected chi connectivity index (χ4v) is 3.98. The van der Waals surface area contributed by atoms with E-state index < -0.39 is 0 Å². The van der Waals surface area contributed by atoms with Gasteiger partial charge in [-0.3, -0.25) is 14.9 Å². The first-order valence-electron chi connectivity index (χ1n) is 10.3. The largest absolute Gasteiger partial charge is 0.377 e. The topological polar surface area (TPSA) is 88.0 Å². The molecule has 1 amide bonds. The van der Waals surface area contributed by atoms with E-state index in [1.54, 1.807) is 12.1 Å². The average molecular weight is 410 g/mol. The summed E-state index contributed by atoms with van der Waals surface area (Å²) in [5.41, 5.74) is 2.19. The van der Waals surface area contributed by atoms with Gasteiger partial charge in [-0.25, -0.2) is 0 Å². The van der Waals surface area contributed by atoms with E-state index >= 15 is 0 Å². The van der Waals surface area contributed by atoms with Crippen LogP contribution in [0.25, 0.3) is 0 Å². The summed E-state index contributed by atoms with van der Waals surface area (Å²) in [4.78, 5) is 27.7. The van der Waals surface area contributed by atoms with Crippen LogP contribution >= 0.6 is 0 Å². The van der Waals surface area contributed by atoms with Gasteiger partial charge in [0.1, 0.15) is 5.69 Å². The predicted octanol–water partition coefficient (Wildman–Crippen LogP) is 3.15. The zero-order valence-corrected chi connectivity index (χ0v) is 16.8. The first-order chi connectivity index (χ1) is 14.6. The highest BCUT2D eigenvalue weighted by Crippen LogP contribution is 2.30. The van der Waals surface area contributed by atoms with Gasteiger partial charge in [-0.2, -0.15) is 0 Å². The van der Waals surface area contributed by atoms with Gasteiger partial charge in [0.2, 0.25) is 0 Å². The summed E-state index contributed by atoms with van der Waals surface area (Å²) < 4.78 is 5.61. The smallest absolute Gasteiger partial charge is 0.292 e. The number of nitro benzene ring substituents is 1. The summed E-state index contributed by atoms with van der Waals surface area (Å²) >= 11 is 0. The second kappa shape index (κ2) is 9.13. The molecule has 0 saturated carbocycles. The summed E-state index contributed by atoms with van der Waals surface area (Å²) in [6.45, 7) is 3.90. The molecule has 1 N–H and O–H groups in total. The second-order valence-electron chi connectivity index (χ2n) is 7.62. The number of benzene rings is 2. The quantitative estimate of drug-likeness (QED) is 0.581. The van der Waals surface area contributed by atoms with Gasteiger partial charge in [0.05, 0.1) is 11.0 Å². The molecule has 0 unspecified atom stereocenters. The van der Waals surface area contributed by atoms with Gasteiger partial charge in [0, 0.05) is 56.6 Å². The number of piperazine rings is 1. The fourth-order valence-electron chi connectivity index (χ4n) is 3.98. The molecule has 2 aliphatic rings. The van der Waals surface area contributed by atoms with Gasteiger partial charge in [-0.1, -0.05) is 18.2 Å². The number of nitrogens with one attached hydrogen (secondary N) is 1. The molecule has 8 nitrogen and oxygen atoms in total. The molecule has 0 aliphatic carbocycles. The van der Waals surface area contributed by atoms with Gasteiger partial charge in [0.25, 0.3) is 11.6 Å². The van der Waals surface area contributed by atoms with Crippen molar-refractivity contribution in [1.29, 1.82) is 0 Å². The number of anilines is 2. The number of carbonyl (C=O) groups is 1. The highest BCUT2D eigenvalue weighted by molar-refractivity contribution is 5.94. The Labute approximate surface area is 175 Å². The Morgan fingerprint density at radius 1 is 1.13 bits per heavy atom. The van der Waals surface area contributed by atoms with E-state index in [4.69, 9.17) is 4.74 Å². The van der Waals surface area contributed by atoms with Crippen molar-refractivity contribution in [2.24, 2.45) is 0 Å². The van der Waals surface area contributed by atoms with Gasteiger partial charge in [0.15, 0.2) is 0 Å². The third-order valence-electron chi connectivity index (χ3n) is 5.67. The molecule has 0 spiro atoms. The van der Waals surface area contributed by atoms with Crippen molar-refractivity contribution < 1.29 is 14.5 Å². The highest BCUT2D eigenvalue weighted by Gasteiger charge is 2.24. The van der Waals surface area contributed by atoms with Crippen LogP contribution in [-0.4, -0.2) is 61.2 Å². The van der Waals surface area contributed by atoms with Crippen molar-refractivity contribution in [3.63, 3.8) is 0 Å². The zero-order valence-electron chi connectivity index (χ0n) is 16.8. The Balaban J connectivity index is 1.42. The fraction of sp³-hybridized carbons (Fsp3) is 0.409. The number of rotatable bonds is 6. The van der Waals surface area contributed by atoms with Gasteiger partial charge >= 0.3 is 0 Å². The third kappa shape index (κ3) is 4.54. The van der Waals surface area contributed by atoms with E-state index in [2.05, 4.69) is 10.2 Å². The van der Waals surface area contributed by atoms with E-state index in [-0.39, 0.29) is 22.6 Å². The summed E-state index contributed by atoms with van der Waals surface area (Å²) in [5.74, 6) is 0.0397. The minimum atomic E-state index is -0.363. The number of carbonyl (C=O) groups excluding carboxylic acids is 1. The Kier molecular flexibility index (Phi) is 6.13. The summed E-state index contributed by atoms with van der Waals surface area (Å²) in [5, 5.41) is 14.6. The summed E-state index contributed by atoms with van der Waals surface area (Å²) in [6.07, 6.45) is 2.10. The van der Waals surface area contributed by atoms with Crippen LogP contribution in [0.1, 0.15) is 23.2 Å². The molecule has 30 heavy (non-hydrogen) atoms. The van der Waals surface area contributed by atoms with E-state index in [1.807, 2.05) is 41.3 Å². The summed E-state index contributed by atoms with van der Waals surface area (Å²) in [7, 11) is 0. The van der Waals surface area contributed by atoms with Gasteiger partial charge in [-0.05, 0) is 37.1 Å². The molecule has 4 rings (SSSR count). The molecule has 0 bridgehead atoms. The lowest BCUT2D eigenvalue weighted by molar-refractivity contribution is -0.383. The molecule has 2 aliphatic heterocycles. The lowest BCUT2D eigenvalue weighted by atomic mass is 10.1. The minimum Gasteiger partial charge on any atom is -0.377 e. The average Bonchev–Trinajstić information content (AvgIpc) is 3.31. The number of nitro groups is 1. The molecule has 0 radical (unpaired) electrons. The van der Waals surface area contributed by atoms with Crippen LogP contribution in [0.2, 0.25) is 0 Å². The van der Waals surface area contributed by atoms with Crippen LogP contribution in [0, 0.1) is 10.1 Å². The molecule has 2 aromatic carbocycles. The van der Waals surface area contributed by atoms with Crippen molar-refractivity contribution in [1.82, 2.24) is 4.90 Å². The van der Waals surface area contributed by atoms with Crippen molar-refractivity contribution >= 4 is 23.0 Å². The maximum atomic E-state index is 12.6. The van der Waals surface area contributed by atoms with Crippen molar-refractivity contribution in [3.8, 4) is 0 Å². The van der Waals surface area contributed by atoms with Crippen molar-refractivity contribution in [3.05, 3.63) is 64.2 Å². The normalized spacial score (nSPS) is 19.0. The first kappa shape index (κ1) is 20.2. The lowest BCUT2D eigenvalue weighted by Crippen LogP contribution is -2.48. The van der Waals surface area contributed by atoms with Crippen molar-refractivity contribution in [2.75, 3.05) is 49.5 Å². The van der Waals surface area contributed by atoms with Crippen LogP contribution in [0.4, 0.5) is 17.1 Å². The zero-order chi connectivity index (χ0) is 20.9. The maximum Gasteiger partial charge on any atom is 0.292 e. The number of amides is 1. The SMILES string of the molecule is O=C(c1ccccc1)N1CCN(c2ccc([N+](=O)[O-])c(NC[C@H]3CCCO3)c2)CC1. The lowest BCUT2D eigenvalue weighted by Gasteiger charge is -2.36. The third-order valence-corrected chi connectivity index (χ3v) is 5.67. The Morgan fingerprint density at radius 3 is 2.57 bits per heavy atom. The molecule has 2 heterocycles. The van der Waals surface area contributed by atoms with Gasteiger partial charge in [-0.15, -0.1) is 0 Å². The first-order valence-corrected chi connectivity index (χ1v) is 10.3. The molecule has 2 fully saturated rings. The number of nitrogens with zero attached hydrogens (tertiary/aromatic N) is 3. The number of hydrogen-bond donors (Lipinski definition) is 1. The van der Waals surface area contributed by atoms with Crippen LogP contribution in [0.3, 0.4) is 0 Å². The number of hydrogen-bond acceptors (Lipinski definition) is 6. The van der Waals surface area contributed by atoms with E-state index in [9.17, 15) is 14.9 Å². The number of ether oxygens (including phenoxy) is 1. The molecule has 8 heteroatoms. The summed E-state index contributed by atoms with van der Waals surface area (Å²) in [6, 6.07) is 14.5. The molecule has 1 atom stereocenters. The molecule has 2 saturated heterocycles. The minimum absolute atomic E-state index is 0.0397. The van der Waals surface area contributed by atoms with Crippen LogP contribution in [0.5, 0.6) is 0 Å². The van der Waals surface area contributed by atoms with Crippen molar-refractivity contribution in [2.45, 2.75) is 18.9 Å². The molecule has 158 valence electrons. The Morgan fingerprint density at radius 2 is 1.90 bits per heavy atom. The molecular formula is C22H26N4O4. The van der Waals surface area contributed by atoms with Crippen LogP contribution in [-0.2, 0) is 4.74 Å². The van der Waals surface area contributed by atoms with E-state index in [0.29, 0.717) is 44.0 Å². The van der Waals surface area contributed by atoms with Crippen LogP contribution < -0.4 is 10.2 Å². The Hall–Kier alpha value is -3.13. The second-order valence-corrected chi connectivity index (χ2v) is 7.62. The predicted molar refractivity (Wildman–Crippen MR) is 115 cm³/mol. The van der Waals surface area contributed by atoms with E-state index in [1.165, 1.54) is 0 Å². The maximum absolute atomic E-state index is 12.6. The molecular weight excluding hydrogens is 384 g/mol. The van der Waals surface area contributed by atoms with E-state index in [0.717, 1.165) is 25.1 Å². The van der Waals surface area contributed by atoms with Gasteiger partial charge < -0.3 is 19.9 Å².